The van der Waals surface area contributed by atoms with Crippen LogP contribution in [0.3, 0.4) is 0 Å². The number of rotatable bonds is 2. The first-order valence-electron chi connectivity index (χ1n) is 3.82. The maximum atomic E-state index is 6.96. The van der Waals surface area contributed by atoms with Crippen LogP contribution in [0.25, 0.3) is 0 Å². The minimum Gasteiger partial charge on any atom is -0.397 e. The Labute approximate surface area is 76.8 Å². The Morgan fingerprint density at radius 1 is 1.31 bits per heavy atom. The quantitative estimate of drug-likeness (QED) is 0.361. The first-order valence-corrected chi connectivity index (χ1v) is 3.82. The summed E-state index contributed by atoms with van der Waals surface area (Å²) < 4.78 is 0. The van der Waals surface area contributed by atoms with Gasteiger partial charge in [-0.1, -0.05) is 6.08 Å². The van der Waals surface area contributed by atoms with Gasteiger partial charge in [0.15, 0.2) is 0 Å². The van der Waals surface area contributed by atoms with E-state index in [0.29, 0.717) is 5.70 Å². The van der Waals surface area contributed by atoms with Crippen molar-refractivity contribution >= 4 is 5.84 Å². The summed E-state index contributed by atoms with van der Waals surface area (Å²) in [4.78, 5) is 0. The van der Waals surface area contributed by atoms with Crippen molar-refractivity contribution in [3.05, 3.63) is 48.0 Å². The van der Waals surface area contributed by atoms with Crippen molar-refractivity contribution < 1.29 is 0 Å². The van der Waals surface area contributed by atoms with Gasteiger partial charge in [-0.25, -0.2) is 0 Å². The van der Waals surface area contributed by atoms with Crippen LogP contribution in [0.5, 0.6) is 0 Å². The van der Waals surface area contributed by atoms with Crippen molar-refractivity contribution in [1.82, 2.24) is 5.32 Å². The zero-order chi connectivity index (χ0) is 9.68. The SMILES string of the molecule is N=C(N)/C=C\C(N)=C1\C=CC=CN1. The molecule has 4 heteroatoms. The van der Waals surface area contributed by atoms with Gasteiger partial charge in [0, 0.05) is 6.20 Å². The molecule has 1 heterocycles. The van der Waals surface area contributed by atoms with Gasteiger partial charge in [-0.05, 0) is 24.3 Å². The lowest BCUT2D eigenvalue weighted by molar-refractivity contribution is 1.06. The Kier molecular flexibility index (Phi) is 2.92. The lowest BCUT2D eigenvalue weighted by Gasteiger charge is -2.07. The molecule has 0 fully saturated rings. The summed E-state index contributed by atoms with van der Waals surface area (Å²) in [7, 11) is 0. The minimum absolute atomic E-state index is 0.0149. The predicted octanol–water partition coefficient (Wildman–Crippen LogP) is 0.322. The van der Waals surface area contributed by atoms with E-state index in [1.807, 2.05) is 18.2 Å². The highest BCUT2D eigenvalue weighted by Gasteiger charge is 1.96. The van der Waals surface area contributed by atoms with Crippen LogP contribution in [0.15, 0.2) is 48.0 Å². The highest BCUT2D eigenvalue weighted by molar-refractivity contribution is 5.88. The van der Waals surface area contributed by atoms with E-state index in [0.717, 1.165) is 5.70 Å². The normalized spacial score (nSPS) is 18.8. The Morgan fingerprint density at radius 3 is 2.62 bits per heavy atom. The second kappa shape index (κ2) is 4.15. The van der Waals surface area contributed by atoms with Gasteiger partial charge >= 0.3 is 0 Å². The Hall–Kier alpha value is -1.97. The number of nitrogens with one attached hydrogen (secondary N) is 2. The van der Waals surface area contributed by atoms with E-state index in [9.17, 15) is 0 Å². The highest BCUT2D eigenvalue weighted by Crippen LogP contribution is 2.02. The fourth-order valence-corrected chi connectivity index (χ4v) is 0.842. The number of allylic oxidation sites excluding steroid dienone is 4. The van der Waals surface area contributed by atoms with Crippen LogP contribution in [0.4, 0.5) is 0 Å². The smallest absolute Gasteiger partial charge is 0.115 e. The van der Waals surface area contributed by atoms with Crippen LogP contribution in [-0.4, -0.2) is 5.84 Å². The average molecular weight is 176 g/mol. The van der Waals surface area contributed by atoms with Crippen molar-refractivity contribution in [1.29, 1.82) is 5.41 Å². The lowest BCUT2D eigenvalue weighted by Crippen LogP contribution is -2.13. The van der Waals surface area contributed by atoms with E-state index in [2.05, 4.69) is 5.32 Å². The molecule has 0 radical (unpaired) electrons. The fourth-order valence-electron chi connectivity index (χ4n) is 0.842. The fraction of sp³-hybridized carbons (Fsp3) is 0. The molecule has 4 nitrogen and oxygen atoms in total. The van der Waals surface area contributed by atoms with Crippen molar-refractivity contribution in [2.45, 2.75) is 0 Å². The topological polar surface area (TPSA) is 87.9 Å². The van der Waals surface area contributed by atoms with Crippen molar-refractivity contribution in [3.63, 3.8) is 0 Å². The van der Waals surface area contributed by atoms with E-state index in [1.54, 1.807) is 12.3 Å². The number of hydrogen-bond acceptors (Lipinski definition) is 3. The van der Waals surface area contributed by atoms with Crippen molar-refractivity contribution in [2.75, 3.05) is 0 Å². The Balaban J connectivity index is 2.75. The molecule has 0 amide bonds. The molecule has 0 aliphatic carbocycles. The molecule has 0 bridgehead atoms. The third-order valence-electron chi connectivity index (χ3n) is 1.46. The summed E-state index contributed by atoms with van der Waals surface area (Å²) in [5.74, 6) is -0.0149. The van der Waals surface area contributed by atoms with Gasteiger partial charge in [-0.3, -0.25) is 5.41 Å². The van der Waals surface area contributed by atoms with Gasteiger partial charge in [-0.15, -0.1) is 0 Å². The number of nitrogens with two attached hydrogens (primary N) is 2. The molecule has 13 heavy (non-hydrogen) atoms. The molecular weight excluding hydrogens is 164 g/mol. The Morgan fingerprint density at radius 2 is 2.08 bits per heavy atom. The summed E-state index contributed by atoms with van der Waals surface area (Å²) in [6, 6.07) is 0. The maximum absolute atomic E-state index is 6.96. The minimum atomic E-state index is -0.0149. The summed E-state index contributed by atoms with van der Waals surface area (Å²) in [6.07, 6.45) is 10.4. The van der Waals surface area contributed by atoms with Crippen LogP contribution in [0.2, 0.25) is 0 Å². The molecule has 0 saturated heterocycles. The number of hydrogen-bond donors (Lipinski definition) is 4. The summed E-state index contributed by atoms with van der Waals surface area (Å²) in [5.41, 5.74) is 12.2. The number of dihydropyridines is 1. The van der Waals surface area contributed by atoms with Crippen LogP contribution >= 0.6 is 0 Å². The van der Waals surface area contributed by atoms with Gasteiger partial charge in [0.1, 0.15) is 5.84 Å². The molecule has 1 aliphatic heterocycles. The molecule has 68 valence electrons. The van der Waals surface area contributed by atoms with Gasteiger partial charge in [0.05, 0.1) is 11.4 Å². The summed E-state index contributed by atoms with van der Waals surface area (Å²) >= 11 is 0. The monoisotopic (exact) mass is 176 g/mol. The van der Waals surface area contributed by atoms with Crippen molar-refractivity contribution in [2.24, 2.45) is 11.5 Å². The standard InChI is InChI=1S/C9H12N4/c10-7(4-5-9(11)12)8-3-1-2-6-13-8/h1-6,13H,10H2,(H3,11,12)/b5-4-,8-7+. The average Bonchev–Trinajstić information content (AvgIpc) is 2.15. The molecule has 0 aromatic heterocycles. The zero-order valence-corrected chi connectivity index (χ0v) is 7.12. The van der Waals surface area contributed by atoms with Crippen molar-refractivity contribution in [3.8, 4) is 0 Å². The van der Waals surface area contributed by atoms with E-state index in [4.69, 9.17) is 16.9 Å². The molecular formula is C9H12N4. The van der Waals surface area contributed by atoms with Gasteiger partial charge in [0.2, 0.25) is 0 Å². The molecule has 0 aromatic rings. The third kappa shape index (κ3) is 2.86. The van der Waals surface area contributed by atoms with Gasteiger partial charge in [0.25, 0.3) is 0 Å². The molecule has 0 unspecified atom stereocenters. The Bertz CT molecular complexity index is 321. The van der Waals surface area contributed by atoms with E-state index >= 15 is 0 Å². The van der Waals surface area contributed by atoms with E-state index in [-0.39, 0.29) is 5.84 Å². The predicted molar refractivity (Wildman–Crippen MR) is 53.7 cm³/mol. The molecule has 0 saturated carbocycles. The summed E-state index contributed by atoms with van der Waals surface area (Å²) in [6.45, 7) is 0. The molecule has 0 aromatic carbocycles. The highest BCUT2D eigenvalue weighted by atomic mass is 14.9. The first-order chi connectivity index (χ1) is 6.20. The van der Waals surface area contributed by atoms with Crippen LogP contribution in [0, 0.1) is 5.41 Å². The second-order valence-electron chi connectivity index (χ2n) is 2.52. The van der Waals surface area contributed by atoms with Crippen LogP contribution in [0.1, 0.15) is 0 Å². The molecule has 1 rings (SSSR count). The van der Waals surface area contributed by atoms with Crippen LogP contribution in [-0.2, 0) is 0 Å². The lowest BCUT2D eigenvalue weighted by atomic mass is 10.2. The van der Waals surface area contributed by atoms with Crippen LogP contribution < -0.4 is 16.8 Å². The summed E-state index contributed by atoms with van der Waals surface area (Å²) in [5, 5.41) is 9.93. The molecule has 1 aliphatic rings. The first kappa shape index (κ1) is 9.12. The zero-order valence-electron chi connectivity index (χ0n) is 7.12. The second-order valence-corrected chi connectivity index (χ2v) is 2.52. The van der Waals surface area contributed by atoms with Gasteiger partial charge in [-0.2, -0.15) is 0 Å². The van der Waals surface area contributed by atoms with E-state index < -0.39 is 0 Å². The van der Waals surface area contributed by atoms with Gasteiger partial charge < -0.3 is 16.8 Å². The molecule has 6 N–H and O–H groups in total. The molecule has 0 spiro atoms. The third-order valence-corrected chi connectivity index (χ3v) is 1.46. The molecule has 0 atom stereocenters. The maximum Gasteiger partial charge on any atom is 0.115 e. The number of amidine groups is 1. The largest absolute Gasteiger partial charge is 0.397 e. The van der Waals surface area contributed by atoms with E-state index in [1.165, 1.54) is 6.08 Å².